The lowest BCUT2D eigenvalue weighted by Crippen LogP contribution is -2.38. The van der Waals surface area contributed by atoms with Crippen LogP contribution in [0.5, 0.6) is 11.6 Å². The zero-order valence-corrected chi connectivity index (χ0v) is 19.2. The summed E-state index contributed by atoms with van der Waals surface area (Å²) in [5.74, 6) is -0.894. The Hall–Kier alpha value is -2.84. The number of hydrogen-bond acceptors (Lipinski definition) is 4. The van der Waals surface area contributed by atoms with Gasteiger partial charge in [-0.05, 0) is 55.7 Å². The molecule has 1 aromatic heterocycles. The van der Waals surface area contributed by atoms with Crippen LogP contribution < -0.4 is 10.1 Å². The van der Waals surface area contributed by atoms with E-state index in [-0.39, 0.29) is 28.2 Å². The molecular weight excluding hydrogens is 478 g/mol. The minimum atomic E-state index is -4.55. The van der Waals surface area contributed by atoms with E-state index in [4.69, 9.17) is 27.9 Å². The van der Waals surface area contributed by atoms with E-state index in [1.165, 1.54) is 18.2 Å². The number of aromatic nitrogens is 2. The number of alkyl halides is 4. The van der Waals surface area contributed by atoms with Crippen LogP contribution in [0.25, 0.3) is 0 Å². The Bertz CT molecular complexity index is 1160. The van der Waals surface area contributed by atoms with Crippen LogP contribution in [-0.4, -0.2) is 28.0 Å². The Morgan fingerprint density at radius 1 is 1.12 bits per heavy atom. The van der Waals surface area contributed by atoms with Crippen LogP contribution in [0.2, 0.25) is 5.15 Å². The Kier molecular flexibility index (Phi) is 7.81. The largest absolute Gasteiger partial charge is 0.437 e. The molecule has 0 fully saturated rings. The maximum absolute atomic E-state index is 13.0. The third-order valence-electron chi connectivity index (χ3n) is 4.84. The van der Waals surface area contributed by atoms with Gasteiger partial charge >= 0.3 is 6.18 Å². The number of ether oxygens (including phenoxy) is 1. The molecular formula is C23H20Cl2F3N3O2. The molecule has 0 bridgehead atoms. The highest BCUT2D eigenvalue weighted by Gasteiger charge is 2.31. The second-order valence-corrected chi connectivity index (χ2v) is 8.17. The van der Waals surface area contributed by atoms with Gasteiger partial charge in [-0.3, -0.25) is 4.79 Å². The van der Waals surface area contributed by atoms with Gasteiger partial charge in [0.15, 0.2) is 5.15 Å². The van der Waals surface area contributed by atoms with E-state index >= 15 is 0 Å². The first kappa shape index (κ1) is 24.8. The number of rotatable bonds is 7. The zero-order chi connectivity index (χ0) is 24.2. The lowest BCUT2D eigenvalue weighted by atomic mass is 10.00. The van der Waals surface area contributed by atoms with Crippen molar-refractivity contribution in [1.29, 1.82) is 0 Å². The van der Waals surface area contributed by atoms with Gasteiger partial charge in [-0.15, -0.1) is 21.8 Å². The fourth-order valence-electron chi connectivity index (χ4n) is 3.19. The Labute approximate surface area is 198 Å². The van der Waals surface area contributed by atoms with Crippen LogP contribution in [0.1, 0.15) is 32.6 Å². The van der Waals surface area contributed by atoms with Gasteiger partial charge in [0.1, 0.15) is 11.3 Å². The van der Waals surface area contributed by atoms with Gasteiger partial charge in [-0.25, -0.2) is 0 Å². The van der Waals surface area contributed by atoms with Crippen molar-refractivity contribution in [3.05, 3.63) is 81.5 Å². The third kappa shape index (κ3) is 6.58. The average molecular weight is 498 g/mol. The SMILES string of the molecule is Cc1ccc(CC(CCl)NC(=O)c2cc(Cl)nnc2Oc2cccc(C(F)(F)F)c2)c(C)c1. The molecule has 0 aliphatic rings. The fraction of sp³-hybridized carbons (Fsp3) is 0.261. The topological polar surface area (TPSA) is 64.1 Å². The number of carbonyl (C=O) groups excluding carboxylic acids is 1. The molecule has 174 valence electrons. The Morgan fingerprint density at radius 2 is 1.88 bits per heavy atom. The first-order chi connectivity index (χ1) is 15.6. The Balaban J connectivity index is 1.82. The maximum Gasteiger partial charge on any atom is 0.416 e. The molecule has 1 N–H and O–H groups in total. The lowest BCUT2D eigenvalue weighted by Gasteiger charge is -2.18. The van der Waals surface area contributed by atoms with Crippen LogP contribution in [0.15, 0.2) is 48.5 Å². The number of aryl methyl sites for hydroxylation is 2. The van der Waals surface area contributed by atoms with Crippen LogP contribution in [0, 0.1) is 13.8 Å². The quantitative estimate of drug-likeness (QED) is 0.398. The van der Waals surface area contributed by atoms with Gasteiger partial charge in [0.2, 0.25) is 0 Å². The first-order valence-electron chi connectivity index (χ1n) is 9.88. The molecule has 0 saturated carbocycles. The predicted octanol–water partition coefficient (Wildman–Crippen LogP) is 6.14. The lowest BCUT2D eigenvalue weighted by molar-refractivity contribution is -0.137. The smallest absolute Gasteiger partial charge is 0.416 e. The molecule has 1 heterocycles. The molecule has 2 aromatic carbocycles. The highest BCUT2D eigenvalue weighted by Crippen LogP contribution is 2.33. The van der Waals surface area contributed by atoms with E-state index < -0.39 is 23.7 Å². The summed E-state index contributed by atoms with van der Waals surface area (Å²) in [6, 6.07) is 11.0. The molecule has 0 saturated heterocycles. The Morgan fingerprint density at radius 3 is 2.55 bits per heavy atom. The minimum absolute atomic E-state index is 0.0756. The third-order valence-corrected chi connectivity index (χ3v) is 5.39. The van der Waals surface area contributed by atoms with Crippen molar-refractivity contribution in [2.24, 2.45) is 0 Å². The highest BCUT2D eigenvalue weighted by molar-refractivity contribution is 6.29. The minimum Gasteiger partial charge on any atom is -0.437 e. The van der Waals surface area contributed by atoms with Gasteiger partial charge < -0.3 is 10.1 Å². The van der Waals surface area contributed by atoms with E-state index in [0.29, 0.717) is 6.42 Å². The molecule has 1 atom stereocenters. The molecule has 1 amide bonds. The van der Waals surface area contributed by atoms with Gasteiger partial charge in [0.25, 0.3) is 11.8 Å². The second-order valence-electron chi connectivity index (χ2n) is 7.47. The summed E-state index contributed by atoms with van der Waals surface area (Å²) < 4.78 is 44.5. The van der Waals surface area contributed by atoms with Crippen molar-refractivity contribution in [3.63, 3.8) is 0 Å². The standard InChI is InChI=1S/C23H20Cl2F3N3O2/c1-13-6-7-15(14(2)8-13)9-17(12-24)29-21(32)19-11-20(25)30-31-22(19)33-18-5-3-4-16(10-18)23(26,27)28/h3-8,10-11,17H,9,12H2,1-2H3,(H,29,32). The van der Waals surface area contributed by atoms with Crippen molar-refractivity contribution in [3.8, 4) is 11.6 Å². The van der Waals surface area contributed by atoms with Gasteiger partial charge in [0, 0.05) is 11.9 Å². The zero-order valence-electron chi connectivity index (χ0n) is 17.7. The molecule has 0 aliphatic heterocycles. The van der Waals surface area contributed by atoms with Crippen LogP contribution >= 0.6 is 23.2 Å². The van der Waals surface area contributed by atoms with Crippen molar-refractivity contribution in [1.82, 2.24) is 15.5 Å². The monoisotopic (exact) mass is 497 g/mol. The predicted molar refractivity (Wildman–Crippen MR) is 120 cm³/mol. The molecule has 5 nitrogen and oxygen atoms in total. The molecule has 1 unspecified atom stereocenters. The molecule has 3 rings (SSSR count). The van der Waals surface area contributed by atoms with E-state index in [0.717, 1.165) is 28.8 Å². The van der Waals surface area contributed by atoms with Gasteiger partial charge in [0.05, 0.1) is 5.56 Å². The molecule has 33 heavy (non-hydrogen) atoms. The van der Waals surface area contributed by atoms with Gasteiger partial charge in [-0.2, -0.15) is 13.2 Å². The molecule has 10 heteroatoms. The summed E-state index contributed by atoms with van der Waals surface area (Å²) in [5, 5.41) is 10.1. The van der Waals surface area contributed by atoms with Crippen LogP contribution in [0.3, 0.4) is 0 Å². The molecule has 0 aliphatic carbocycles. The molecule has 3 aromatic rings. The number of benzene rings is 2. The van der Waals surface area contributed by atoms with Gasteiger partial charge in [-0.1, -0.05) is 41.4 Å². The van der Waals surface area contributed by atoms with Crippen LogP contribution in [-0.2, 0) is 12.6 Å². The van der Waals surface area contributed by atoms with E-state index in [1.54, 1.807) is 0 Å². The summed E-state index contributed by atoms with van der Waals surface area (Å²) >= 11 is 12.0. The molecule has 0 radical (unpaired) electrons. The van der Waals surface area contributed by atoms with E-state index in [9.17, 15) is 18.0 Å². The normalized spacial score (nSPS) is 12.3. The summed E-state index contributed by atoms with van der Waals surface area (Å²) in [6.45, 7) is 3.96. The van der Waals surface area contributed by atoms with Crippen molar-refractivity contribution < 1.29 is 22.7 Å². The number of nitrogens with one attached hydrogen (secondary N) is 1. The molecule has 0 spiro atoms. The van der Waals surface area contributed by atoms with E-state index in [2.05, 4.69) is 15.5 Å². The summed E-state index contributed by atoms with van der Waals surface area (Å²) in [4.78, 5) is 13.0. The van der Waals surface area contributed by atoms with Crippen LogP contribution in [0.4, 0.5) is 13.2 Å². The number of carbonyl (C=O) groups is 1. The fourth-order valence-corrected chi connectivity index (χ4v) is 3.52. The van der Waals surface area contributed by atoms with Crippen molar-refractivity contribution >= 4 is 29.1 Å². The van der Waals surface area contributed by atoms with Crippen molar-refractivity contribution in [2.45, 2.75) is 32.5 Å². The summed E-state index contributed by atoms with van der Waals surface area (Å²) in [7, 11) is 0. The van der Waals surface area contributed by atoms with E-state index in [1.807, 2.05) is 32.0 Å². The number of halogens is 5. The second kappa shape index (κ2) is 10.4. The summed E-state index contributed by atoms with van der Waals surface area (Å²) in [5.41, 5.74) is 2.24. The first-order valence-corrected chi connectivity index (χ1v) is 10.8. The number of hydrogen-bond donors (Lipinski definition) is 1. The highest BCUT2D eigenvalue weighted by atomic mass is 35.5. The summed E-state index contributed by atoms with van der Waals surface area (Å²) in [6.07, 6.45) is -4.07. The number of nitrogens with zero attached hydrogens (tertiary/aromatic N) is 2. The average Bonchev–Trinajstić information content (AvgIpc) is 2.75. The maximum atomic E-state index is 13.0. The van der Waals surface area contributed by atoms with Crippen molar-refractivity contribution in [2.75, 3.05) is 5.88 Å². The number of amides is 1.